The lowest BCUT2D eigenvalue weighted by Crippen LogP contribution is -2.19. The molecule has 7 heteroatoms. The highest BCUT2D eigenvalue weighted by molar-refractivity contribution is 6.31. The summed E-state index contributed by atoms with van der Waals surface area (Å²) in [6.07, 6.45) is 5.43. The summed E-state index contributed by atoms with van der Waals surface area (Å²) in [5, 5.41) is 16.4. The molecule has 0 radical (unpaired) electrons. The number of nitrogens with zero attached hydrogens (tertiary/aromatic N) is 5. The molecule has 110 valence electrons. The van der Waals surface area contributed by atoms with Crippen LogP contribution in [-0.4, -0.2) is 31.3 Å². The predicted molar refractivity (Wildman–Crippen MR) is 78.6 cm³/mol. The van der Waals surface area contributed by atoms with Gasteiger partial charge in [0.15, 0.2) is 0 Å². The van der Waals surface area contributed by atoms with Crippen LogP contribution in [0.5, 0.6) is 0 Å². The maximum Gasteiger partial charge on any atom is 0.0863 e. The van der Waals surface area contributed by atoms with Crippen molar-refractivity contribution in [1.82, 2.24) is 30.1 Å². The molecule has 2 heterocycles. The van der Waals surface area contributed by atoms with Crippen LogP contribution in [0, 0.1) is 0 Å². The number of aryl methyl sites for hydroxylation is 3. The summed E-state index contributed by atoms with van der Waals surface area (Å²) in [5.74, 6) is 0. The SMILES string of the molecule is CCc1nn(CC)c(CNCCCn2ccnn2)c1Cl. The smallest absolute Gasteiger partial charge is 0.0863 e. The van der Waals surface area contributed by atoms with E-state index >= 15 is 0 Å². The lowest BCUT2D eigenvalue weighted by Gasteiger charge is -2.07. The van der Waals surface area contributed by atoms with E-state index in [1.54, 1.807) is 6.20 Å². The summed E-state index contributed by atoms with van der Waals surface area (Å²) in [6.45, 7) is 7.52. The average Bonchev–Trinajstić information content (AvgIpc) is 3.07. The minimum atomic E-state index is 0.747. The monoisotopic (exact) mass is 296 g/mol. The Balaban J connectivity index is 1.80. The molecule has 0 amide bonds. The summed E-state index contributed by atoms with van der Waals surface area (Å²) in [6, 6.07) is 0. The van der Waals surface area contributed by atoms with Crippen molar-refractivity contribution >= 4 is 11.6 Å². The topological polar surface area (TPSA) is 60.6 Å². The van der Waals surface area contributed by atoms with Gasteiger partial charge in [0, 0.05) is 25.8 Å². The normalized spacial score (nSPS) is 11.2. The van der Waals surface area contributed by atoms with Crippen molar-refractivity contribution in [3.63, 3.8) is 0 Å². The minimum Gasteiger partial charge on any atom is -0.311 e. The van der Waals surface area contributed by atoms with Gasteiger partial charge in [-0.05, 0) is 26.3 Å². The summed E-state index contributed by atoms with van der Waals surface area (Å²) < 4.78 is 3.81. The van der Waals surface area contributed by atoms with Gasteiger partial charge in [0.05, 0.1) is 22.6 Å². The fourth-order valence-corrected chi connectivity index (χ4v) is 2.45. The van der Waals surface area contributed by atoms with Crippen LogP contribution in [0.25, 0.3) is 0 Å². The lowest BCUT2D eigenvalue weighted by atomic mass is 10.3. The van der Waals surface area contributed by atoms with Crippen molar-refractivity contribution in [2.24, 2.45) is 0 Å². The second-order valence-corrected chi connectivity index (χ2v) is 4.95. The van der Waals surface area contributed by atoms with Crippen LogP contribution in [0.1, 0.15) is 31.7 Å². The summed E-state index contributed by atoms with van der Waals surface area (Å²) >= 11 is 6.36. The molecule has 1 N–H and O–H groups in total. The third-order valence-electron chi connectivity index (χ3n) is 3.20. The van der Waals surface area contributed by atoms with E-state index in [1.165, 1.54) is 0 Å². The second-order valence-electron chi connectivity index (χ2n) is 4.57. The molecule has 2 aromatic heterocycles. The van der Waals surface area contributed by atoms with Gasteiger partial charge in [0.25, 0.3) is 0 Å². The van der Waals surface area contributed by atoms with E-state index < -0.39 is 0 Å². The van der Waals surface area contributed by atoms with Crippen LogP contribution in [0.2, 0.25) is 5.02 Å². The average molecular weight is 297 g/mol. The molecule has 0 spiro atoms. The van der Waals surface area contributed by atoms with Gasteiger partial charge in [-0.3, -0.25) is 9.36 Å². The van der Waals surface area contributed by atoms with Gasteiger partial charge in [-0.2, -0.15) is 5.10 Å². The Kier molecular flexibility index (Phi) is 5.55. The molecule has 0 aromatic carbocycles. The van der Waals surface area contributed by atoms with Crippen molar-refractivity contribution in [3.05, 3.63) is 28.8 Å². The van der Waals surface area contributed by atoms with Gasteiger partial charge >= 0.3 is 0 Å². The molecule has 6 nitrogen and oxygen atoms in total. The number of halogens is 1. The molecule has 2 rings (SSSR count). The first-order valence-corrected chi connectivity index (χ1v) is 7.42. The molecular weight excluding hydrogens is 276 g/mol. The van der Waals surface area contributed by atoms with Crippen molar-refractivity contribution in [3.8, 4) is 0 Å². The molecule has 2 aromatic rings. The summed E-state index contributed by atoms with van der Waals surface area (Å²) in [7, 11) is 0. The quantitative estimate of drug-likeness (QED) is 0.756. The fraction of sp³-hybridized carbons (Fsp3) is 0.615. The summed E-state index contributed by atoms with van der Waals surface area (Å²) in [4.78, 5) is 0. The Morgan fingerprint density at radius 2 is 2.20 bits per heavy atom. The van der Waals surface area contributed by atoms with Gasteiger partial charge in [-0.25, -0.2) is 0 Å². The maximum atomic E-state index is 6.36. The first kappa shape index (κ1) is 15.0. The number of hydrogen-bond acceptors (Lipinski definition) is 4. The molecule has 0 saturated carbocycles. The maximum absolute atomic E-state index is 6.36. The molecule has 0 fully saturated rings. The van der Waals surface area contributed by atoms with Crippen molar-refractivity contribution in [1.29, 1.82) is 0 Å². The molecular formula is C13H21ClN6. The van der Waals surface area contributed by atoms with Crippen LogP contribution in [-0.2, 0) is 26.1 Å². The van der Waals surface area contributed by atoms with Crippen LogP contribution in [0.15, 0.2) is 12.4 Å². The Bertz CT molecular complexity index is 519. The number of nitrogens with one attached hydrogen (secondary N) is 1. The zero-order valence-corrected chi connectivity index (χ0v) is 12.8. The molecule has 0 aliphatic heterocycles. The van der Waals surface area contributed by atoms with E-state index in [1.807, 2.05) is 15.6 Å². The Labute approximate surface area is 124 Å². The van der Waals surface area contributed by atoms with Gasteiger partial charge < -0.3 is 5.32 Å². The molecule has 0 unspecified atom stereocenters. The van der Waals surface area contributed by atoms with E-state index in [0.717, 1.165) is 55.4 Å². The third kappa shape index (κ3) is 3.58. The second kappa shape index (κ2) is 7.40. The van der Waals surface area contributed by atoms with Crippen LogP contribution < -0.4 is 5.32 Å². The largest absolute Gasteiger partial charge is 0.311 e. The Hall–Kier alpha value is -1.40. The molecule has 0 saturated heterocycles. The van der Waals surface area contributed by atoms with Crippen molar-refractivity contribution in [2.75, 3.05) is 6.54 Å². The highest BCUT2D eigenvalue weighted by Gasteiger charge is 2.13. The van der Waals surface area contributed by atoms with Gasteiger partial charge in [0.2, 0.25) is 0 Å². The molecule has 0 aliphatic carbocycles. The Morgan fingerprint density at radius 1 is 1.35 bits per heavy atom. The van der Waals surface area contributed by atoms with Crippen LogP contribution >= 0.6 is 11.6 Å². The van der Waals surface area contributed by atoms with E-state index in [-0.39, 0.29) is 0 Å². The highest BCUT2D eigenvalue weighted by atomic mass is 35.5. The number of aromatic nitrogens is 5. The summed E-state index contributed by atoms with van der Waals surface area (Å²) in [5.41, 5.74) is 2.06. The van der Waals surface area contributed by atoms with Crippen molar-refractivity contribution in [2.45, 2.75) is 46.3 Å². The van der Waals surface area contributed by atoms with Crippen LogP contribution in [0.4, 0.5) is 0 Å². The van der Waals surface area contributed by atoms with Gasteiger partial charge in [-0.1, -0.05) is 23.7 Å². The predicted octanol–water partition coefficient (Wildman–Crippen LogP) is 1.89. The van der Waals surface area contributed by atoms with Gasteiger partial charge in [0.1, 0.15) is 0 Å². The minimum absolute atomic E-state index is 0.747. The first-order chi connectivity index (χ1) is 9.76. The lowest BCUT2D eigenvalue weighted by molar-refractivity contribution is 0.518. The molecule has 0 atom stereocenters. The molecule has 20 heavy (non-hydrogen) atoms. The molecule has 0 aliphatic rings. The first-order valence-electron chi connectivity index (χ1n) is 7.05. The fourth-order valence-electron chi connectivity index (χ4n) is 2.11. The standard InChI is InChI=1S/C13H21ClN6/c1-3-11-13(14)12(20(4-2)17-11)10-15-6-5-8-19-9-7-16-18-19/h7,9,15H,3-6,8,10H2,1-2H3. The van der Waals surface area contributed by atoms with Gasteiger partial charge in [-0.15, -0.1) is 5.10 Å². The third-order valence-corrected chi connectivity index (χ3v) is 3.64. The van der Waals surface area contributed by atoms with E-state index in [9.17, 15) is 0 Å². The van der Waals surface area contributed by atoms with Crippen molar-refractivity contribution < 1.29 is 0 Å². The highest BCUT2D eigenvalue weighted by Crippen LogP contribution is 2.21. The molecule has 0 bridgehead atoms. The van der Waals surface area contributed by atoms with E-state index in [2.05, 4.69) is 34.6 Å². The Morgan fingerprint density at radius 3 is 2.85 bits per heavy atom. The zero-order valence-electron chi connectivity index (χ0n) is 12.0. The number of hydrogen-bond donors (Lipinski definition) is 1. The van der Waals surface area contributed by atoms with E-state index in [0.29, 0.717) is 0 Å². The zero-order chi connectivity index (χ0) is 14.4. The van der Waals surface area contributed by atoms with Crippen LogP contribution in [0.3, 0.4) is 0 Å². The number of rotatable bonds is 8. The van der Waals surface area contributed by atoms with E-state index in [4.69, 9.17) is 11.6 Å².